The van der Waals surface area contributed by atoms with Crippen molar-refractivity contribution in [3.8, 4) is 6.07 Å². The number of hydrogen-bond donors (Lipinski definition) is 1. The Kier molecular flexibility index (Phi) is 4.99. The van der Waals surface area contributed by atoms with Gasteiger partial charge in [-0.15, -0.1) is 0 Å². The molecule has 1 N–H and O–H groups in total. The molecule has 0 saturated heterocycles. The number of likely N-dealkylation sites (N-methyl/N-ethyl adjacent to an activating group) is 1. The van der Waals surface area contributed by atoms with E-state index < -0.39 is 6.04 Å². The molecule has 1 atom stereocenters. The molecule has 5 heteroatoms. The highest BCUT2D eigenvalue weighted by atomic mass is 35.5. The Bertz CT molecular complexity index is 482. The van der Waals surface area contributed by atoms with Crippen LogP contribution in [0.1, 0.15) is 19.4 Å². The number of nitrogens with zero attached hydrogens (tertiary/aromatic N) is 2. The van der Waals surface area contributed by atoms with E-state index in [9.17, 15) is 4.79 Å². The zero-order valence-electron chi connectivity index (χ0n) is 10.7. The van der Waals surface area contributed by atoms with Crippen molar-refractivity contribution in [1.82, 2.24) is 4.90 Å². The molecule has 0 aromatic heterocycles. The van der Waals surface area contributed by atoms with Gasteiger partial charge < -0.3 is 10.2 Å². The summed E-state index contributed by atoms with van der Waals surface area (Å²) < 4.78 is 0. The fourth-order valence-corrected chi connectivity index (χ4v) is 1.76. The van der Waals surface area contributed by atoms with Crippen molar-refractivity contribution in [3.05, 3.63) is 28.8 Å². The molecule has 18 heavy (non-hydrogen) atoms. The number of benzene rings is 1. The summed E-state index contributed by atoms with van der Waals surface area (Å²) in [5.41, 5.74) is 0.938. The molecule has 1 rings (SSSR count). The molecule has 0 fully saturated rings. The zero-order chi connectivity index (χ0) is 13.7. The first-order chi connectivity index (χ1) is 8.51. The first kappa shape index (κ1) is 14.3. The van der Waals surface area contributed by atoms with Gasteiger partial charge in [-0.2, -0.15) is 5.26 Å². The summed E-state index contributed by atoms with van der Waals surface area (Å²) in [5, 5.41) is 12.4. The van der Waals surface area contributed by atoms with Crippen LogP contribution in [0.5, 0.6) is 0 Å². The zero-order valence-corrected chi connectivity index (χ0v) is 11.5. The minimum absolute atomic E-state index is 0.0265. The van der Waals surface area contributed by atoms with Crippen molar-refractivity contribution in [1.29, 1.82) is 5.26 Å². The van der Waals surface area contributed by atoms with Crippen molar-refractivity contribution in [3.63, 3.8) is 0 Å². The Morgan fingerprint density at radius 3 is 2.83 bits per heavy atom. The highest BCUT2D eigenvalue weighted by molar-refractivity contribution is 6.32. The monoisotopic (exact) mass is 265 g/mol. The average Bonchev–Trinajstić information content (AvgIpc) is 2.37. The van der Waals surface area contributed by atoms with Crippen LogP contribution in [0.25, 0.3) is 0 Å². The first-order valence-electron chi connectivity index (χ1n) is 5.71. The minimum Gasteiger partial charge on any atom is -0.373 e. The van der Waals surface area contributed by atoms with Gasteiger partial charge in [0.15, 0.2) is 0 Å². The van der Waals surface area contributed by atoms with E-state index in [0.717, 1.165) is 0 Å². The molecule has 0 spiro atoms. The van der Waals surface area contributed by atoms with Crippen LogP contribution >= 0.6 is 11.6 Å². The fraction of sp³-hybridized carbons (Fsp3) is 0.385. The number of carbonyl (C=O) groups is 1. The van der Waals surface area contributed by atoms with Crippen LogP contribution < -0.4 is 5.32 Å². The highest BCUT2D eigenvalue weighted by Crippen LogP contribution is 2.23. The van der Waals surface area contributed by atoms with Gasteiger partial charge in [0.2, 0.25) is 5.91 Å². The maximum atomic E-state index is 11.9. The highest BCUT2D eigenvalue weighted by Gasteiger charge is 2.17. The van der Waals surface area contributed by atoms with Crippen LogP contribution in [-0.4, -0.2) is 30.4 Å². The Balaban J connectivity index is 2.89. The summed E-state index contributed by atoms with van der Waals surface area (Å²) in [6.45, 7) is 4.31. The van der Waals surface area contributed by atoms with Gasteiger partial charge in [0.25, 0.3) is 0 Å². The maximum Gasteiger partial charge on any atom is 0.244 e. The van der Waals surface area contributed by atoms with Gasteiger partial charge in [-0.3, -0.25) is 4.79 Å². The lowest BCUT2D eigenvalue weighted by Crippen LogP contribution is -2.38. The smallest absolute Gasteiger partial charge is 0.244 e. The van der Waals surface area contributed by atoms with Crippen LogP contribution in [-0.2, 0) is 4.79 Å². The predicted molar refractivity (Wildman–Crippen MR) is 72.6 cm³/mol. The summed E-state index contributed by atoms with van der Waals surface area (Å²) in [4.78, 5) is 13.5. The fourth-order valence-electron chi connectivity index (χ4n) is 1.54. The number of nitriles is 1. The molecule has 96 valence electrons. The lowest BCUT2D eigenvalue weighted by molar-refractivity contribution is -0.130. The Labute approximate surface area is 112 Å². The standard InChI is InChI=1S/C13H16ClN3O/c1-4-17(3)13(18)9(2)16-12-7-5-6-11(14)10(12)8-15/h5-7,9,16H,4H2,1-3H3. The molecule has 0 saturated carbocycles. The van der Waals surface area contributed by atoms with Crippen molar-refractivity contribution in [2.45, 2.75) is 19.9 Å². The van der Waals surface area contributed by atoms with Crippen LogP contribution in [0.4, 0.5) is 5.69 Å². The normalized spacial score (nSPS) is 11.5. The van der Waals surface area contributed by atoms with E-state index in [1.165, 1.54) is 0 Å². The van der Waals surface area contributed by atoms with E-state index in [0.29, 0.717) is 22.8 Å². The summed E-state index contributed by atoms with van der Waals surface area (Å²) >= 11 is 5.92. The summed E-state index contributed by atoms with van der Waals surface area (Å²) in [5.74, 6) is -0.0265. The third-order valence-electron chi connectivity index (χ3n) is 2.72. The first-order valence-corrected chi connectivity index (χ1v) is 6.09. The number of nitrogens with one attached hydrogen (secondary N) is 1. The van der Waals surface area contributed by atoms with Crippen molar-refractivity contribution in [2.75, 3.05) is 18.9 Å². The SMILES string of the molecule is CCN(C)C(=O)C(C)Nc1cccc(Cl)c1C#N. The van der Waals surface area contributed by atoms with E-state index in [1.807, 2.05) is 13.0 Å². The molecule has 1 unspecified atom stereocenters. The second-order valence-corrected chi connectivity index (χ2v) is 4.40. The molecule has 0 aliphatic rings. The van der Waals surface area contributed by atoms with Gasteiger partial charge in [0.05, 0.1) is 16.3 Å². The lowest BCUT2D eigenvalue weighted by atomic mass is 10.1. The molecular weight excluding hydrogens is 250 g/mol. The van der Waals surface area contributed by atoms with Crippen LogP contribution in [0.3, 0.4) is 0 Å². The van der Waals surface area contributed by atoms with Gasteiger partial charge in [-0.05, 0) is 26.0 Å². The van der Waals surface area contributed by atoms with Crippen LogP contribution in [0.2, 0.25) is 5.02 Å². The summed E-state index contributed by atoms with van der Waals surface area (Å²) in [6.07, 6.45) is 0. The van der Waals surface area contributed by atoms with Gasteiger partial charge in [-0.25, -0.2) is 0 Å². The van der Waals surface area contributed by atoms with Gasteiger partial charge in [-0.1, -0.05) is 17.7 Å². The van der Waals surface area contributed by atoms with Crippen molar-refractivity contribution < 1.29 is 4.79 Å². The second-order valence-electron chi connectivity index (χ2n) is 3.99. The quantitative estimate of drug-likeness (QED) is 0.910. The number of hydrogen-bond acceptors (Lipinski definition) is 3. The molecule has 0 aliphatic carbocycles. The number of anilines is 1. The molecule has 0 aliphatic heterocycles. The number of halogens is 1. The number of amides is 1. The van der Waals surface area contributed by atoms with Gasteiger partial charge in [0.1, 0.15) is 12.1 Å². The molecule has 0 heterocycles. The molecule has 4 nitrogen and oxygen atoms in total. The topological polar surface area (TPSA) is 56.1 Å². The van der Waals surface area contributed by atoms with Crippen LogP contribution in [0.15, 0.2) is 18.2 Å². The van der Waals surface area contributed by atoms with E-state index in [-0.39, 0.29) is 5.91 Å². The van der Waals surface area contributed by atoms with Crippen molar-refractivity contribution in [2.24, 2.45) is 0 Å². The largest absolute Gasteiger partial charge is 0.373 e. The van der Waals surface area contributed by atoms with Crippen LogP contribution in [0, 0.1) is 11.3 Å². The van der Waals surface area contributed by atoms with E-state index in [4.69, 9.17) is 16.9 Å². The predicted octanol–water partition coefficient (Wildman–Crippen LogP) is 2.49. The third-order valence-corrected chi connectivity index (χ3v) is 3.03. The lowest BCUT2D eigenvalue weighted by Gasteiger charge is -2.21. The molecule has 0 radical (unpaired) electrons. The summed E-state index contributed by atoms with van der Waals surface area (Å²) in [6, 6.07) is 6.76. The average molecular weight is 266 g/mol. The molecule has 1 aromatic rings. The Morgan fingerprint density at radius 2 is 2.28 bits per heavy atom. The number of rotatable bonds is 4. The number of carbonyl (C=O) groups excluding carboxylic acids is 1. The van der Waals surface area contributed by atoms with E-state index >= 15 is 0 Å². The van der Waals surface area contributed by atoms with E-state index in [1.54, 1.807) is 37.1 Å². The Morgan fingerprint density at radius 1 is 1.61 bits per heavy atom. The Hall–Kier alpha value is -1.73. The minimum atomic E-state index is -0.402. The summed E-state index contributed by atoms with van der Waals surface area (Å²) in [7, 11) is 1.74. The third kappa shape index (κ3) is 3.14. The second kappa shape index (κ2) is 6.27. The molecular formula is C13H16ClN3O. The van der Waals surface area contributed by atoms with E-state index in [2.05, 4.69) is 5.32 Å². The molecule has 1 aromatic carbocycles. The van der Waals surface area contributed by atoms with Gasteiger partial charge >= 0.3 is 0 Å². The van der Waals surface area contributed by atoms with Gasteiger partial charge in [0, 0.05) is 13.6 Å². The maximum absolute atomic E-state index is 11.9. The molecule has 0 bridgehead atoms. The van der Waals surface area contributed by atoms with Crippen molar-refractivity contribution >= 4 is 23.2 Å². The molecule has 1 amide bonds.